The Balaban J connectivity index is 1.47. The fourth-order valence-electron chi connectivity index (χ4n) is 4.86. The van der Waals surface area contributed by atoms with E-state index in [1.54, 1.807) is 12.0 Å². The number of ether oxygens (including phenoxy) is 5. The van der Waals surface area contributed by atoms with Crippen molar-refractivity contribution in [2.45, 2.75) is 55.7 Å². The van der Waals surface area contributed by atoms with E-state index in [1.807, 2.05) is 0 Å². The van der Waals surface area contributed by atoms with Gasteiger partial charge in [0.05, 0.1) is 31.8 Å². The largest absolute Gasteiger partial charge is 0.443 e. The van der Waals surface area contributed by atoms with Crippen LogP contribution in [0.4, 0.5) is 4.79 Å². The van der Waals surface area contributed by atoms with Crippen molar-refractivity contribution in [3.63, 3.8) is 0 Å². The van der Waals surface area contributed by atoms with Gasteiger partial charge < -0.3 is 33.7 Å². The Morgan fingerprint density at radius 2 is 2.08 bits per heavy atom. The molecule has 4 rings (SSSR count). The molecular formula is C18H29NO7. The molecule has 8 heteroatoms. The Kier molecular flexibility index (Phi) is 4.90. The second kappa shape index (κ2) is 6.91. The molecule has 1 amide bonds. The minimum Gasteiger partial charge on any atom is -0.443 e. The number of aliphatic hydroxyl groups is 1. The van der Waals surface area contributed by atoms with E-state index in [-0.39, 0.29) is 42.5 Å². The van der Waals surface area contributed by atoms with Crippen LogP contribution in [0.25, 0.3) is 0 Å². The molecule has 4 fully saturated rings. The predicted octanol–water partition coefficient (Wildman–Crippen LogP) is 0.558. The molecule has 148 valence electrons. The third-order valence-corrected chi connectivity index (χ3v) is 6.41. The Bertz CT molecular complexity index is 534. The summed E-state index contributed by atoms with van der Waals surface area (Å²) in [7, 11) is 1.65. The summed E-state index contributed by atoms with van der Waals surface area (Å²) in [5.41, 5.74) is -0.661. The van der Waals surface area contributed by atoms with Gasteiger partial charge in [-0.05, 0) is 26.2 Å². The molecule has 1 saturated carbocycles. The summed E-state index contributed by atoms with van der Waals surface area (Å²) in [4.78, 5) is 14.2. The highest BCUT2D eigenvalue weighted by atomic mass is 16.6. The van der Waals surface area contributed by atoms with Gasteiger partial charge in [0, 0.05) is 26.8 Å². The monoisotopic (exact) mass is 371 g/mol. The second-order valence-corrected chi connectivity index (χ2v) is 7.89. The molecule has 0 bridgehead atoms. The number of hydrogen-bond donors (Lipinski definition) is 1. The highest BCUT2D eigenvalue weighted by Crippen LogP contribution is 2.59. The van der Waals surface area contributed by atoms with Crippen molar-refractivity contribution in [1.29, 1.82) is 0 Å². The zero-order valence-electron chi connectivity index (χ0n) is 15.5. The molecule has 3 saturated heterocycles. The van der Waals surface area contributed by atoms with Gasteiger partial charge in [-0.3, -0.25) is 0 Å². The molecule has 6 unspecified atom stereocenters. The van der Waals surface area contributed by atoms with Crippen molar-refractivity contribution in [3.05, 3.63) is 0 Å². The summed E-state index contributed by atoms with van der Waals surface area (Å²) >= 11 is 0. The third-order valence-electron chi connectivity index (χ3n) is 6.41. The molecular weight excluding hydrogens is 342 g/mol. The average molecular weight is 371 g/mol. The van der Waals surface area contributed by atoms with E-state index in [4.69, 9.17) is 23.7 Å². The Morgan fingerprint density at radius 3 is 2.69 bits per heavy atom. The van der Waals surface area contributed by atoms with Crippen molar-refractivity contribution in [2.24, 2.45) is 5.92 Å². The first-order chi connectivity index (χ1) is 12.5. The molecule has 0 aromatic heterocycles. The summed E-state index contributed by atoms with van der Waals surface area (Å²) in [6.07, 6.45) is 1.20. The van der Waals surface area contributed by atoms with Gasteiger partial charge in [0.1, 0.15) is 23.4 Å². The maximum Gasteiger partial charge on any atom is 0.410 e. The molecule has 3 heterocycles. The number of nitrogens with zero attached hydrogens (tertiary/aromatic N) is 1. The van der Waals surface area contributed by atoms with E-state index in [1.165, 1.54) is 0 Å². The first kappa shape index (κ1) is 18.4. The molecule has 8 nitrogen and oxygen atoms in total. The topological polar surface area (TPSA) is 93.3 Å². The van der Waals surface area contributed by atoms with Crippen LogP contribution >= 0.6 is 0 Å². The van der Waals surface area contributed by atoms with E-state index in [2.05, 4.69) is 6.92 Å². The molecule has 0 radical (unpaired) electrons. The number of methoxy groups -OCH3 is 1. The lowest BCUT2D eigenvalue weighted by atomic mass is 9.68. The fraction of sp³-hybridized carbons (Fsp3) is 0.944. The van der Waals surface area contributed by atoms with E-state index in [0.29, 0.717) is 45.8 Å². The zero-order valence-corrected chi connectivity index (χ0v) is 15.5. The molecule has 4 aliphatic rings. The fourth-order valence-corrected chi connectivity index (χ4v) is 4.86. The van der Waals surface area contributed by atoms with E-state index in [0.717, 1.165) is 6.42 Å². The molecule has 1 N–H and O–H groups in total. The van der Waals surface area contributed by atoms with Crippen LogP contribution in [0.5, 0.6) is 0 Å². The number of amides is 1. The van der Waals surface area contributed by atoms with Crippen molar-refractivity contribution in [3.8, 4) is 0 Å². The van der Waals surface area contributed by atoms with Crippen LogP contribution in [-0.4, -0.2) is 92.2 Å². The lowest BCUT2D eigenvalue weighted by Gasteiger charge is -2.43. The van der Waals surface area contributed by atoms with Crippen molar-refractivity contribution in [2.75, 3.05) is 46.6 Å². The maximum absolute atomic E-state index is 12.5. The summed E-state index contributed by atoms with van der Waals surface area (Å²) in [6, 6.07) is 0. The second-order valence-electron chi connectivity index (χ2n) is 7.89. The van der Waals surface area contributed by atoms with Crippen molar-refractivity contribution in [1.82, 2.24) is 4.90 Å². The summed E-state index contributed by atoms with van der Waals surface area (Å²) in [5, 5.41) is 9.26. The first-order valence-electron chi connectivity index (χ1n) is 9.53. The number of morpholine rings is 1. The highest BCUT2D eigenvalue weighted by Gasteiger charge is 2.72. The SMILES string of the molecule is COC1C(OC(=O)N2CCOCC2)CCC2(CO2)C1C1(C)OC1CCO. The lowest BCUT2D eigenvalue weighted by Crippen LogP contribution is -2.56. The van der Waals surface area contributed by atoms with Gasteiger partial charge in [-0.2, -0.15) is 0 Å². The molecule has 1 aliphatic carbocycles. The minimum absolute atomic E-state index is 0.00933. The van der Waals surface area contributed by atoms with Gasteiger partial charge in [-0.1, -0.05) is 0 Å². The van der Waals surface area contributed by atoms with E-state index >= 15 is 0 Å². The van der Waals surface area contributed by atoms with Gasteiger partial charge in [-0.25, -0.2) is 4.79 Å². The third kappa shape index (κ3) is 3.11. The molecule has 26 heavy (non-hydrogen) atoms. The van der Waals surface area contributed by atoms with Gasteiger partial charge in [0.2, 0.25) is 0 Å². The Morgan fingerprint density at radius 1 is 1.35 bits per heavy atom. The lowest BCUT2D eigenvalue weighted by molar-refractivity contribution is -0.123. The number of rotatable bonds is 5. The van der Waals surface area contributed by atoms with Crippen molar-refractivity contribution >= 4 is 6.09 Å². The van der Waals surface area contributed by atoms with Crippen LogP contribution in [0.1, 0.15) is 26.2 Å². The number of hydrogen-bond acceptors (Lipinski definition) is 7. The predicted molar refractivity (Wildman–Crippen MR) is 89.8 cm³/mol. The molecule has 6 atom stereocenters. The van der Waals surface area contributed by atoms with Crippen LogP contribution in [0.3, 0.4) is 0 Å². The molecule has 3 aliphatic heterocycles. The smallest absolute Gasteiger partial charge is 0.410 e. The summed E-state index contributed by atoms with van der Waals surface area (Å²) in [5.74, 6) is -0.0206. The zero-order chi connectivity index (χ0) is 18.4. The molecule has 0 aromatic carbocycles. The van der Waals surface area contributed by atoms with Gasteiger partial charge in [0.25, 0.3) is 0 Å². The van der Waals surface area contributed by atoms with Gasteiger partial charge in [-0.15, -0.1) is 0 Å². The van der Waals surface area contributed by atoms with Crippen LogP contribution < -0.4 is 0 Å². The van der Waals surface area contributed by atoms with Crippen molar-refractivity contribution < 1.29 is 33.6 Å². The average Bonchev–Trinajstić information content (AvgIpc) is 3.56. The Hall–Kier alpha value is -0.930. The van der Waals surface area contributed by atoms with Gasteiger partial charge in [0.15, 0.2) is 0 Å². The minimum atomic E-state index is -0.413. The summed E-state index contributed by atoms with van der Waals surface area (Å²) < 4.78 is 28.8. The normalized spacial score (nSPS) is 44.8. The standard InChI is InChI=1S/C18H29NO7/c1-17(13(26-17)4-8-20)15-14(22-2)12(3-5-18(15)11-24-18)25-16(21)19-6-9-23-10-7-19/h12-15,20H,3-11H2,1-2H3. The van der Waals surface area contributed by atoms with Gasteiger partial charge >= 0.3 is 6.09 Å². The number of carbonyl (C=O) groups is 1. The quantitative estimate of drug-likeness (QED) is 0.706. The maximum atomic E-state index is 12.5. The Labute approximate surface area is 153 Å². The number of epoxide rings is 2. The van der Waals surface area contributed by atoms with Crippen LogP contribution in [0, 0.1) is 5.92 Å². The van der Waals surface area contributed by atoms with Crippen LogP contribution in [-0.2, 0) is 23.7 Å². The number of carbonyl (C=O) groups excluding carboxylic acids is 1. The number of aliphatic hydroxyl groups excluding tert-OH is 1. The summed E-state index contributed by atoms with van der Waals surface area (Å²) in [6.45, 7) is 5.03. The molecule has 1 spiro atoms. The van der Waals surface area contributed by atoms with E-state index in [9.17, 15) is 9.90 Å². The highest BCUT2D eigenvalue weighted by molar-refractivity contribution is 5.68. The van der Waals surface area contributed by atoms with Crippen LogP contribution in [0.2, 0.25) is 0 Å². The molecule has 0 aromatic rings. The van der Waals surface area contributed by atoms with E-state index < -0.39 is 5.60 Å². The van der Waals surface area contributed by atoms with Crippen LogP contribution in [0.15, 0.2) is 0 Å². The first-order valence-corrected chi connectivity index (χ1v) is 9.53.